The lowest BCUT2D eigenvalue weighted by Crippen LogP contribution is -2.23. The molecule has 2 nitrogen and oxygen atoms in total. The van der Waals surface area contributed by atoms with E-state index in [9.17, 15) is 0 Å². The van der Waals surface area contributed by atoms with Gasteiger partial charge in [0.2, 0.25) is 0 Å². The average Bonchev–Trinajstić information content (AvgIpc) is 2.69. The number of rotatable bonds is 8. The van der Waals surface area contributed by atoms with Crippen molar-refractivity contribution >= 4 is 0 Å². The number of nitrogens with one attached hydrogen (secondary N) is 1. The van der Waals surface area contributed by atoms with Gasteiger partial charge in [-0.2, -0.15) is 0 Å². The molecule has 0 radical (unpaired) electrons. The van der Waals surface area contributed by atoms with Gasteiger partial charge in [-0.3, -0.25) is 0 Å². The van der Waals surface area contributed by atoms with Crippen molar-refractivity contribution in [2.75, 3.05) is 6.54 Å². The Morgan fingerprint density at radius 3 is 2.75 bits per heavy atom. The molecule has 0 spiro atoms. The predicted octanol–water partition coefficient (Wildman–Crippen LogP) is 3.33. The summed E-state index contributed by atoms with van der Waals surface area (Å²) in [6, 6.07) is 4.28. The van der Waals surface area contributed by atoms with E-state index in [1.54, 1.807) is 0 Å². The number of nitrogens with zero attached hydrogens (tertiary/aromatic N) is 1. The maximum Gasteiger partial charge on any atom is 0.0359 e. The van der Waals surface area contributed by atoms with E-state index < -0.39 is 0 Å². The summed E-state index contributed by atoms with van der Waals surface area (Å²) in [4.78, 5) is 0. The van der Waals surface area contributed by atoms with Crippen molar-refractivity contribution in [2.45, 2.75) is 46.1 Å². The highest BCUT2D eigenvalue weighted by Crippen LogP contribution is 2.11. The summed E-state index contributed by atoms with van der Waals surface area (Å²) in [6.45, 7) is 6.71. The first-order valence-corrected chi connectivity index (χ1v) is 6.58. The Morgan fingerprint density at radius 1 is 1.38 bits per heavy atom. The molecule has 1 aromatic rings. The van der Waals surface area contributed by atoms with E-state index in [-0.39, 0.29) is 0 Å². The summed E-state index contributed by atoms with van der Waals surface area (Å²) in [7, 11) is 2.10. The van der Waals surface area contributed by atoms with Crippen molar-refractivity contribution < 1.29 is 0 Å². The Labute approximate surface area is 100 Å². The Kier molecular flexibility index (Phi) is 6.24. The number of hydrogen-bond acceptors (Lipinski definition) is 1. The fraction of sp³-hybridized carbons (Fsp3) is 0.714. The van der Waals surface area contributed by atoms with E-state index in [0.29, 0.717) is 0 Å². The van der Waals surface area contributed by atoms with Crippen molar-refractivity contribution in [3.8, 4) is 0 Å². The summed E-state index contributed by atoms with van der Waals surface area (Å²) in [6.07, 6.45) is 7.44. The summed E-state index contributed by atoms with van der Waals surface area (Å²) < 4.78 is 2.18. The van der Waals surface area contributed by atoms with Crippen LogP contribution in [-0.4, -0.2) is 11.1 Å². The Bertz CT molecular complexity index is 278. The summed E-state index contributed by atoms with van der Waals surface area (Å²) in [5.41, 5.74) is 1.37. The molecule has 0 aromatic carbocycles. The number of aryl methyl sites for hydroxylation is 1. The highest BCUT2D eigenvalue weighted by atomic mass is 15.0. The quantitative estimate of drug-likeness (QED) is 0.714. The molecule has 0 saturated heterocycles. The first kappa shape index (κ1) is 13.3. The average molecular weight is 222 g/mol. The van der Waals surface area contributed by atoms with Gasteiger partial charge in [0.15, 0.2) is 0 Å². The lowest BCUT2D eigenvalue weighted by molar-refractivity contribution is 0.417. The smallest absolute Gasteiger partial charge is 0.0359 e. The maximum atomic E-state index is 3.57. The van der Waals surface area contributed by atoms with Crippen LogP contribution < -0.4 is 5.32 Å². The van der Waals surface area contributed by atoms with Gasteiger partial charge in [-0.05, 0) is 31.0 Å². The molecule has 0 aliphatic heterocycles. The highest BCUT2D eigenvalue weighted by molar-refractivity contribution is 5.05. The molecule has 1 unspecified atom stereocenters. The van der Waals surface area contributed by atoms with E-state index in [0.717, 1.165) is 19.0 Å². The third kappa shape index (κ3) is 4.40. The van der Waals surface area contributed by atoms with Gasteiger partial charge >= 0.3 is 0 Å². The van der Waals surface area contributed by atoms with Crippen LogP contribution in [0.2, 0.25) is 0 Å². The van der Waals surface area contributed by atoms with Crippen molar-refractivity contribution in [1.82, 2.24) is 9.88 Å². The molecule has 16 heavy (non-hydrogen) atoms. The summed E-state index contributed by atoms with van der Waals surface area (Å²) in [5, 5.41) is 3.57. The van der Waals surface area contributed by atoms with Crippen LogP contribution in [0.3, 0.4) is 0 Å². The Hall–Kier alpha value is -0.760. The van der Waals surface area contributed by atoms with Crippen LogP contribution in [0.25, 0.3) is 0 Å². The Morgan fingerprint density at radius 2 is 2.19 bits per heavy atom. The number of hydrogen-bond donors (Lipinski definition) is 1. The zero-order valence-corrected chi connectivity index (χ0v) is 11.0. The zero-order chi connectivity index (χ0) is 11.8. The normalized spacial score (nSPS) is 12.9. The second-order valence-electron chi connectivity index (χ2n) is 4.66. The lowest BCUT2D eigenvalue weighted by Gasteiger charge is -2.15. The van der Waals surface area contributed by atoms with Crippen molar-refractivity contribution in [1.29, 1.82) is 0 Å². The van der Waals surface area contributed by atoms with Crippen LogP contribution in [0.1, 0.15) is 45.2 Å². The molecule has 0 bridgehead atoms. The molecule has 1 aromatic heterocycles. The van der Waals surface area contributed by atoms with Crippen LogP contribution in [0, 0.1) is 5.92 Å². The third-order valence-corrected chi connectivity index (χ3v) is 3.33. The monoisotopic (exact) mass is 222 g/mol. The predicted molar refractivity (Wildman–Crippen MR) is 70.4 cm³/mol. The van der Waals surface area contributed by atoms with E-state index in [1.165, 1.54) is 31.4 Å². The topological polar surface area (TPSA) is 17.0 Å². The van der Waals surface area contributed by atoms with Crippen molar-refractivity contribution in [3.63, 3.8) is 0 Å². The van der Waals surface area contributed by atoms with E-state index in [2.05, 4.69) is 49.1 Å². The molecule has 1 N–H and O–H groups in total. The van der Waals surface area contributed by atoms with Gasteiger partial charge in [-0.15, -0.1) is 0 Å². The SMILES string of the molecule is CCCCC(CC)CNCc1cccn1C. The highest BCUT2D eigenvalue weighted by Gasteiger charge is 2.05. The largest absolute Gasteiger partial charge is 0.353 e. The fourth-order valence-electron chi connectivity index (χ4n) is 2.03. The first-order chi connectivity index (χ1) is 7.77. The van der Waals surface area contributed by atoms with E-state index in [1.807, 2.05) is 0 Å². The second-order valence-corrected chi connectivity index (χ2v) is 4.66. The van der Waals surface area contributed by atoms with Gasteiger partial charge in [-0.25, -0.2) is 0 Å². The molecular formula is C14H26N2. The molecule has 0 saturated carbocycles. The molecule has 1 rings (SSSR count). The van der Waals surface area contributed by atoms with Crippen LogP contribution in [-0.2, 0) is 13.6 Å². The molecule has 2 heteroatoms. The molecular weight excluding hydrogens is 196 g/mol. The minimum absolute atomic E-state index is 0.847. The van der Waals surface area contributed by atoms with Gasteiger partial charge in [0.1, 0.15) is 0 Å². The second kappa shape index (κ2) is 7.50. The van der Waals surface area contributed by atoms with Gasteiger partial charge in [-0.1, -0.05) is 33.1 Å². The minimum atomic E-state index is 0.847. The van der Waals surface area contributed by atoms with E-state index >= 15 is 0 Å². The van der Waals surface area contributed by atoms with Crippen molar-refractivity contribution in [3.05, 3.63) is 24.0 Å². The molecule has 1 heterocycles. The molecule has 0 fully saturated rings. The van der Waals surface area contributed by atoms with Gasteiger partial charge < -0.3 is 9.88 Å². The lowest BCUT2D eigenvalue weighted by atomic mass is 9.99. The minimum Gasteiger partial charge on any atom is -0.353 e. The van der Waals surface area contributed by atoms with Crippen LogP contribution >= 0.6 is 0 Å². The number of unbranched alkanes of at least 4 members (excludes halogenated alkanes) is 1. The fourth-order valence-corrected chi connectivity index (χ4v) is 2.03. The molecule has 0 aliphatic carbocycles. The summed E-state index contributed by atoms with van der Waals surface area (Å²) in [5.74, 6) is 0.847. The maximum absolute atomic E-state index is 3.57. The third-order valence-electron chi connectivity index (χ3n) is 3.33. The van der Waals surface area contributed by atoms with Crippen LogP contribution in [0.15, 0.2) is 18.3 Å². The van der Waals surface area contributed by atoms with Gasteiger partial charge in [0, 0.05) is 25.5 Å². The Balaban J connectivity index is 2.20. The zero-order valence-electron chi connectivity index (χ0n) is 11.0. The number of aromatic nitrogens is 1. The molecule has 0 amide bonds. The van der Waals surface area contributed by atoms with Crippen LogP contribution in [0.5, 0.6) is 0 Å². The molecule has 92 valence electrons. The molecule has 0 aliphatic rings. The standard InChI is InChI=1S/C14H26N2/c1-4-6-8-13(5-2)11-15-12-14-9-7-10-16(14)3/h7,9-10,13,15H,4-6,8,11-12H2,1-3H3. The van der Waals surface area contributed by atoms with Crippen LogP contribution in [0.4, 0.5) is 0 Å². The van der Waals surface area contributed by atoms with E-state index in [4.69, 9.17) is 0 Å². The van der Waals surface area contributed by atoms with Gasteiger partial charge in [0.25, 0.3) is 0 Å². The van der Waals surface area contributed by atoms with Gasteiger partial charge in [0.05, 0.1) is 0 Å². The summed E-state index contributed by atoms with van der Waals surface area (Å²) >= 11 is 0. The van der Waals surface area contributed by atoms with Crippen molar-refractivity contribution in [2.24, 2.45) is 13.0 Å². The first-order valence-electron chi connectivity index (χ1n) is 6.58. The molecule has 1 atom stereocenters.